The maximum Gasteiger partial charge on any atom is 0.273 e. The Kier molecular flexibility index (Phi) is 4.20. The Hall–Kier alpha value is -3.00. The molecule has 142 valence electrons. The summed E-state index contributed by atoms with van der Waals surface area (Å²) in [6.07, 6.45) is 5.44. The van der Waals surface area contributed by atoms with Gasteiger partial charge in [-0.05, 0) is 38.3 Å². The number of hydrogen-bond donors (Lipinski definition) is 1. The number of fused-ring (bicyclic) bond motifs is 1. The lowest BCUT2D eigenvalue weighted by atomic mass is 10.1. The second-order valence-corrected chi connectivity index (χ2v) is 8.03. The van der Waals surface area contributed by atoms with Crippen LogP contribution in [0, 0.1) is 6.92 Å². The highest BCUT2D eigenvalue weighted by atomic mass is 32.1. The highest BCUT2D eigenvalue weighted by Gasteiger charge is 2.17. The van der Waals surface area contributed by atoms with Gasteiger partial charge >= 0.3 is 0 Å². The fourth-order valence-electron chi connectivity index (χ4n) is 3.60. The third-order valence-electron chi connectivity index (χ3n) is 5.09. The second kappa shape index (κ2) is 6.87. The molecule has 0 amide bonds. The van der Waals surface area contributed by atoms with Gasteiger partial charge in [0.05, 0.1) is 21.6 Å². The topological polar surface area (TPSA) is 79.7 Å². The van der Waals surface area contributed by atoms with Crippen LogP contribution in [0.4, 0.5) is 5.95 Å². The first-order chi connectivity index (χ1) is 13.7. The van der Waals surface area contributed by atoms with Crippen molar-refractivity contribution in [1.29, 1.82) is 0 Å². The van der Waals surface area contributed by atoms with Crippen molar-refractivity contribution in [3.63, 3.8) is 0 Å². The number of hydrogen-bond acceptors (Lipinski definition) is 6. The Morgan fingerprint density at radius 1 is 1.11 bits per heavy atom. The number of nitrogens with zero attached hydrogens (tertiary/aromatic N) is 5. The molecular formula is C20H20N6OS. The summed E-state index contributed by atoms with van der Waals surface area (Å²) >= 11 is 1.48. The predicted octanol–water partition coefficient (Wildman–Crippen LogP) is 3.53. The van der Waals surface area contributed by atoms with Gasteiger partial charge in [0, 0.05) is 30.9 Å². The van der Waals surface area contributed by atoms with Gasteiger partial charge in [-0.15, -0.1) is 0 Å². The van der Waals surface area contributed by atoms with E-state index < -0.39 is 0 Å². The van der Waals surface area contributed by atoms with Crippen molar-refractivity contribution in [3.8, 4) is 16.4 Å². The molecule has 0 unspecified atom stereocenters. The minimum Gasteiger partial charge on any atom is -0.341 e. The average Bonchev–Trinajstić information content (AvgIpc) is 3.31. The molecule has 8 heteroatoms. The lowest BCUT2D eigenvalue weighted by Crippen LogP contribution is -2.31. The molecule has 7 nitrogen and oxygen atoms in total. The molecule has 1 fully saturated rings. The smallest absolute Gasteiger partial charge is 0.273 e. The number of rotatable bonds is 3. The molecule has 5 rings (SSSR count). The molecule has 0 aliphatic carbocycles. The third-order valence-corrected chi connectivity index (χ3v) is 6.11. The number of benzene rings is 1. The first-order valence-corrected chi connectivity index (χ1v) is 10.3. The van der Waals surface area contributed by atoms with E-state index in [2.05, 4.69) is 20.0 Å². The average molecular weight is 392 g/mol. The van der Waals surface area contributed by atoms with Crippen LogP contribution in [0.15, 0.2) is 41.3 Å². The molecule has 28 heavy (non-hydrogen) atoms. The highest BCUT2D eigenvalue weighted by Crippen LogP contribution is 2.26. The fourth-order valence-corrected chi connectivity index (χ4v) is 4.53. The second-order valence-electron chi connectivity index (χ2n) is 7.02. The van der Waals surface area contributed by atoms with Crippen LogP contribution in [0.5, 0.6) is 0 Å². The number of anilines is 1. The van der Waals surface area contributed by atoms with E-state index in [0.717, 1.165) is 40.5 Å². The van der Waals surface area contributed by atoms with E-state index in [0.29, 0.717) is 10.8 Å². The van der Waals surface area contributed by atoms with Crippen LogP contribution < -0.4 is 10.5 Å². The van der Waals surface area contributed by atoms with Gasteiger partial charge in [0.15, 0.2) is 0 Å². The van der Waals surface area contributed by atoms with Gasteiger partial charge in [-0.25, -0.2) is 15.0 Å². The molecule has 1 aromatic carbocycles. The number of aryl methyl sites for hydroxylation is 1. The fraction of sp³-hybridized carbons (Fsp3) is 0.300. The van der Waals surface area contributed by atoms with Crippen molar-refractivity contribution in [1.82, 2.24) is 24.7 Å². The molecule has 0 bridgehead atoms. The van der Waals surface area contributed by atoms with Gasteiger partial charge in [-0.2, -0.15) is 4.68 Å². The summed E-state index contributed by atoms with van der Waals surface area (Å²) in [7, 11) is 0. The molecule has 1 aliphatic heterocycles. The SMILES string of the molecule is Cc1nc(N2CCCCC2)ncc1-c1cc(=O)n(-c2nc3ccccc3s2)[nH]1. The van der Waals surface area contributed by atoms with E-state index in [1.165, 1.54) is 35.3 Å². The van der Waals surface area contributed by atoms with Gasteiger partial charge in [0.1, 0.15) is 0 Å². The van der Waals surface area contributed by atoms with E-state index >= 15 is 0 Å². The lowest BCUT2D eigenvalue weighted by Gasteiger charge is -2.26. The zero-order valence-electron chi connectivity index (χ0n) is 15.6. The van der Waals surface area contributed by atoms with Crippen LogP contribution in [-0.4, -0.2) is 37.8 Å². The van der Waals surface area contributed by atoms with Crippen molar-refractivity contribution < 1.29 is 0 Å². The molecule has 0 atom stereocenters. The largest absolute Gasteiger partial charge is 0.341 e. The van der Waals surface area contributed by atoms with Crippen molar-refractivity contribution in [2.45, 2.75) is 26.2 Å². The van der Waals surface area contributed by atoms with Crippen LogP contribution in [0.2, 0.25) is 0 Å². The van der Waals surface area contributed by atoms with Crippen LogP contribution >= 0.6 is 11.3 Å². The summed E-state index contributed by atoms with van der Waals surface area (Å²) < 4.78 is 2.53. The monoisotopic (exact) mass is 392 g/mol. The number of piperidine rings is 1. The van der Waals surface area contributed by atoms with Crippen molar-refractivity contribution >= 4 is 27.5 Å². The molecule has 0 spiro atoms. The number of H-pyrrole nitrogens is 1. The minimum absolute atomic E-state index is 0.145. The normalized spacial score (nSPS) is 14.7. The van der Waals surface area contributed by atoms with Gasteiger partial charge < -0.3 is 4.90 Å². The molecule has 1 saturated heterocycles. The van der Waals surface area contributed by atoms with E-state index in [9.17, 15) is 4.79 Å². The molecule has 1 aliphatic rings. The number of thiazole rings is 1. The first kappa shape index (κ1) is 17.1. The zero-order chi connectivity index (χ0) is 19.1. The third kappa shape index (κ3) is 2.99. The Bertz CT molecular complexity index is 1170. The molecular weight excluding hydrogens is 372 g/mol. The molecule has 3 aromatic heterocycles. The molecule has 0 saturated carbocycles. The van der Waals surface area contributed by atoms with E-state index in [1.807, 2.05) is 31.2 Å². The summed E-state index contributed by atoms with van der Waals surface area (Å²) in [5, 5.41) is 3.80. The minimum atomic E-state index is -0.145. The number of aromatic amines is 1. The molecule has 0 radical (unpaired) electrons. The Morgan fingerprint density at radius 2 is 1.93 bits per heavy atom. The van der Waals surface area contributed by atoms with Gasteiger partial charge in [-0.1, -0.05) is 23.5 Å². The van der Waals surface area contributed by atoms with E-state index in [4.69, 9.17) is 4.98 Å². The Morgan fingerprint density at radius 3 is 2.71 bits per heavy atom. The number of nitrogens with one attached hydrogen (secondary N) is 1. The predicted molar refractivity (Wildman–Crippen MR) is 111 cm³/mol. The standard InChI is InChI=1S/C20H20N6OS/c1-13-14(12-21-19(22-13)25-9-5-2-6-10-25)16-11-18(27)26(24-16)20-23-15-7-3-4-8-17(15)28-20/h3-4,7-8,11-12,24H,2,5-6,9-10H2,1H3. The maximum absolute atomic E-state index is 12.6. The number of aromatic nitrogens is 5. The van der Waals surface area contributed by atoms with Crippen molar-refractivity contribution in [3.05, 3.63) is 52.6 Å². The Labute approximate surface area is 165 Å². The summed E-state index contributed by atoms with van der Waals surface area (Å²) in [6.45, 7) is 3.96. The van der Waals surface area contributed by atoms with Crippen LogP contribution in [0.25, 0.3) is 26.6 Å². The van der Waals surface area contributed by atoms with Crippen molar-refractivity contribution in [2.24, 2.45) is 0 Å². The molecule has 1 N–H and O–H groups in total. The Balaban J connectivity index is 1.50. The molecule has 4 heterocycles. The van der Waals surface area contributed by atoms with E-state index in [-0.39, 0.29) is 5.56 Å². The van der Waals surface area contributed by atoms with Crippen LogP contribution in [0.1, 0.15) is 25.0 Å². The molecule has 4 aromatic rings. The van der Waals surface area contributed by atoms with Gasteiger partial charge in [-0.3, -0.25) is 9.89 Å². The summed E-state index contributed by atoms with van der Waals surface area (Å²) in [5.74, 6) is 0.772. The maximum atomic E-state index is 12.6. The highest BCUT2D eigenvalue weighted by molar-refractivity contribution is 7.20. The van der Waals surface area contributed by atoms with Gasteiger partial charge in [0.2, 0.25) is 11.1 Å². The van der Waals surface area contributed by atoms with E-state index in [1.54, 1.807) is 12.3 Å². The quantitative estimate of drug-likeness (QED) is 0.577. The summed E-state index contributed by atoms with van der Waals surface area (Å²) in [6, 6.07) is 9.44. The van der Waals surface area contributed by atoms with Crippen LogP contribution in [-0.2, 0) is 0 Å². The number of para-hydroxylation sites is 1. The lowest BCUT2D eigenvalue weighted by molar-refractivity contribution is 0.568. The van der Waals surface area contributed by atoms with Gasteiger partial charge in [0.25, 0.3) is 5.56 Å². The van der Waals surface area contributed by atoms with Crippen LogP contribution in [0.3, 0.4) is 0 Å². The zero-order valence-corrected chi connectivity index (χ0v) is 16.4. The summed E-state index contributed by atoms with van der Waals surface area (Å²) in [5.41, 5.74) is 3.13. The first-order valence-electron chi connectivity index (χ1n) is 9.46. The van der Waals surface area contributed by atoms with Crippen molar-refractivity contribution in [2.75, 3.05) is 18.0 Å². The summed E-state index contributed by atoms with van der Waals surface area (Å²) in [4.78, 5) is 28.6.